The summed E-state index contributed by atoms with van der Waals surface area (Å²) in [6, 6.07) is 0.270. The molecule has 0 aromatic carbocycles. The Hall–Kier alpha value is -1.96. The topological polar surface area (TPSA) is 106 Å². The summed E-state index contributed by atoms with van der Waals surface area (Å²) in [4.78, 5) is 26.1. The van der Waals surface area contributed by atoms with Gasteiger partial charge in [-0.25, -0.2) is 4.68 Å². The van der Waals surface area contributed by atoms with E-state index in [4.69, 9.17) is 5.73 Å². The molecule has 2 fully saturated rings. The van der Waals surface area contributed by atoms with Crippen molar-refractivity contribution in [2.75, 3.05) is 26.2 Å². The van der Waals surface area contributed by atoms with Gasteiger partial charge in [0.15, 0.2) is 5.69 Å². The molecule has 150 valence electrons. The molecule has 1 aromatic heterocycles. The fraction of sp³-hybridized carbons (Fsp3) is 0.789. The van der Waals surface area contributed by atoms with Crippen LogP contribution >= 0.6 is 0 Å². The van der Waals surface area contributed by atoms with E-state index in [1.807, 2.05) is 11.6 Å². The first-order chi connectivity index (χ1) is 13.1. The third kappa shape index (κ3) is 5.06. The standard InChI is InChI=1S/C19H32N6O2/c1-14-18(22-23-25(14)16-7-10-21-11-8-16)19(27)24(13-17(20)26)12-9-15-5-3-2-4-6-15/h15-16,21H,2-13H2,1H3,(H2,20,26). The van der Waals surface area contributed by atoms with Gasteiger partial charge in [0, 0.05) is 6.54 Å². The fourth-order valence-electron chi connectivity index (χ4n) is 4.34. The largest absolute Gasteiger partial charge is 0.368 e. The lowest BCUT2D eigenvalue weighted by molar-refractivity contribution is -0.118. The highest BCUT2D eigenvalue weighted by molar-refractivity contribution is 5.95. The van der Waals surface area contributed by atoms with Crippen molar-refractivity contribution >= 4 is 11.8 Å². The molecule has 2 aliphatic rings. The third-order valence-electron chi connectivity index (χ3n) is 5.95. The van der Waals surface area contributed by atoms with Crippen LogP contribution in [0.25, 0.3) is 0 Å². The highest BCUT2D eigenvalue weighted by atomic mass is 16.2. The van der Waals surface area contributed by atoms with Crippen LogP contribution in [0.4, 0.5) is 0 Å². The van der Waals surface area contributed by atoms with E-state index in [0.717, 1.165) is 38.0 Å². The lowest BCUT2D eigenvalue weighted by Crippen LogP contribution is -2.40. The average Bonchev–Trinajstić information content (AvgIpc) is 3.07. The van der Waals surface area contributed by atoms with Crippen molar-refractivity contribution in [3.05, 3.63) is 11.4 Å². The zero-order valence-electron chi connectivity index (χ0n) is 16.3. The molecule has 1 aliphatic carbocycles. The van der Waals surface area contributed by atoms with Crippen molar-refractivity contribution < 1.29 is 9.59 Å². The number of nitrogens with zero attached hydrogens (tertiary/aromatic N) is 4. The summed E-state index contributed by atoms with van der Waals surface area (Å²) in [5.41, 5.74) is 6.52. The van der Waals surface area contributed by atoms with E-state index in [1.165, 1.54) is 32.1 Å². The van der Waals surface area contributed by atoms with E-state index in [0.29, 0.717) is 18.2 Å². The molecule has 27 heavy (non-hydrogen) atoms. The van der Waals surface area contributed by atoms with Crippen LogP contribution in [0.5, 0.6) is 0 Å². The predicted octanol–water partition coefficient (Wildman–Crippen LogP) is 1.41. The number of carbonyl (C=O) groups excluding carboxylic acids is 2. The summed E-state index contributed by atoms with van der Waals surface area (Å²) < 4.78 is 1.87. The number of rotatable bonds is 7. The Labute approximate surface area is 160 Å². The van der Waals surface area contributed by atoms with Crippen molar-refractivity contribution in [1.82, 2.24) is 25.2 Å². The summed E-state index contributed by atoms with van der Waals surface area (Å²) in [5.74, 6) is -0.0915. The molecule has 0 atom stereocenters. The molecule has 1 saturated heterocycles. The van der Waals surface area contributed by atoms with Gasteiger partial charge in [0.05, 0.1) is 18.3 Å². The molecular weight excluding hydrogens is 344 g/mol. The molecular formula is C19H32N6O2. The Balaban J connectivity index is 1.69. The number of primary amides is 1. The number of nitrogens with one attached hydrogen (secondary N) is 1. The Morgan fingerprint density at radius 1 is 1.19 bits per heavy atom. The van der Waals surface area contributed by atoms with Crippen LogP contribution in [0.15, 0.2) is 0 Å². The molecule has 1 aromatic rings. The number of hydrogen-bond donors (Lipinski definition) is 2. The van der Waals surface area contributed by atoms with Gasteiger partial charge in [-0.05, 0) is 45.2 Å². The fourth-order valence-corrected chi connectivity index (χ4v) is 4.34. The van der Waals surface area contributed by atoms with Crippen LogP contribution in [-0.4, -0.2) is 57.9 Å². The van der Waals surface area contributed by atoms with Crippen LogP contribution in [0.1, 0.15) is 73.6 Å². The van der Waals surface area contributed by atoms with Gasteiger partial charge in [-0.15, -0.1) is 5.10 Å². The molecule has 1 saturated carbocycles. The smallest absolute Gasteiger partial charge is 0.276 e. The van der Waals surface area contributed by atoms with Crippen LogP contribution in [0, 0.1) is 12.8 Å². The first-order valence-corrected chi connectivity index (χ1v) is 10.3. The van der Waals surface area contributed by atoms with Crippen LogP contribution in [-0.2, 0) is 4.79 Å². The minimum absolute atomic E-state index is 0.0643. The second kappa shape index (κ2) is 9.30. The minimum Gasteiger partial charge on any atom is -0.368 e. The van der Waals surface area contributed by atoms with Crippen LogP contribution < -0.4 is 11.1 Å². The third-order valence-corrected chi connectivity index (χ3v) is 5.95. The van der Waals surface area contributed by atoms with Gasteiger partial charge < -0.3 is 16.0 Å². The Kier molecular flexibility index (Phi) is 6.82. The first kappa shape index (κ1) is 19.8. The van der Waals surface area contributed by atoms with E-state index >= 15 is 0 Å². The number of nitrogens with two attached hydrogens (primary N) is 1. The van der Waals surface area contributed by atoms with Gasteiger partial charge in [-0.3, -0.25) is 9.59 Å². The first-order valence-electron chi connectivity index (χ1n) is 10.3. The van der Waals surface area contributed by atoms with Gasteiger partial charge in [-0.2, -0.15) is 0 Å². The van der Waals surface area contributed by atoms with Crippen LogP contribution in [0.2, 0.25) is 0 Å². The molecule has 2 heterocycles. The zero-order valence-corrected chi connectivity index (χ0v) is 16.3. The van der Waals surface area contributed by atoms with Gasteiger partial charge in [-0.1, -0.05) is 37.3 Å². The molecule has 8 nitrogen and oxygen atoms in total. The molecule has 0 spiro atoms. The van der Waals surface area contributed by atoms with E-state index in [2.05, 4.69) is 15.6 Å². The van der Waals surface area contributed by atoms with Gasteiger partial charge in [0.1, 0.15) is 0 Å². The molecule has 3 N–H and O–H groups in total. The minimum atomic E-state index is -0.490. The second-order valence-corrected chi connectivity index (χ2v) is 7.93. The normalized spacial score (nSPS) is 19.1. The molecule has 0 radical (unpaired) electrons. The summed E-state index contributed by atoms with van der Waals surface area (Å²) in [6.45, 7) is 4.26. The summed E-state index contributed by atoms with van der Waals surface area (Å²) in [6.07, 6.45) is 9.12. The monoisotopic (exact) mass is 376 g/mol. The molecule has 0 unspecified atom stereocenters. The van der Waals surface area contributed by atoms with Crippen molar-refractivity contribution in [3.63, 3.8) is 0 Å². The molecule has 3 rings (SSSR count). The predicted molar refractivity (Wildman–Crippen MR) is 102 cm³/mol. The van der Waals surface area contributed by atoms with Crippen molar-refractivity contribution in [2.24, 2.45) is 11.7 Å². The molecule has 2 amide bonds. The van der Waals surface area contributed by atoms with Crippen molar-refractivity contribution in [3.8, 4) is 0 Å². The summed E-state index contributed by atoms with van der Waals surface area (Å²) >= 11 is 0. The average molecular weight is 377 g/mol. The van der Waals surface area contributed by atoms with E-state index < -0.39 is 5.91 Å². The highest BCUT2D eigenvalue weighted by Gasteiger charge is 2.27. The number of aromatic nitrogens is 3. The molecule has 8 heteroatoms. The zero-order chi connectivity index (χ0) is 19.2. The quantitative estimate of drug-likeness (QED) is 0.748. The van der Waals surface area contributed by atoms with Crippen molar-refractivity contribution in [2.45, 2.75) is 64.3 Å². The maximum Gasteiger partial charge on any atom is 0.276 e. The van der Waals surface area contributed by atoms with Gasteiger partial charge >= 0.3 is 0 Å². The second-order valence-electron chi connectivity index (χ2n) is 7.93. The van der Waals surface area contributed by atoms with E-state index in [1.54, 1.807) is 4.90 Å². The Bertz CT molecular complexity index is 647. The maximum absolute atomic E-state index is 13.1. The lowest BCUT2D eigenvalue weighted by Gasteiger charge is -2.26. The van der Waals surface area contributed by atoms with Crippen LogP contribution in [0.3, 0.4) is 0 Å². The number of amides is 2. The molecule has 0 bridgehead atoms. The summed E-state index contributed by atoms with van der Waals surface area (Å²) in [5, 5.41) is 11.7. The number of hydrogen-bond acceptors (Lipinski definition) is 5. The highest BCUT2D eigenvalue weighted by Crippen LogP contribution is 2.27. The van der Waals surface area contributed by atoms with Gasteiger partial charge in [0.25, 0.3) is 5.91 Å². The SMILES string of the molecule is Cc1c(C(=O)N(CCC2CCCCC2)CC(N)=O)nnn1C1CCNCC1. The van der Waals surface area contributed by atoms with Crippen molar-refractivity contribution in [1.29, 1.82) is 0 Å². The lowest BCUT2D eigenvalue weighted by atomic mass is 9.87. The van der Waals surface area contributed by atoms with Gasteiger partial charge in [0.2, 0.25) is 5.91 Å². The Morgan fingerprint density at radius 2 is 1.89 bits per heavy atom. The maximum atomic E-state index is 13.1. The number of piperidine rings is 1. The number of carbonyl (C=O) groups is 2. The Morgan fingerprint density at radius 3 is 2.56 bits per heavy atom. The van der Waals surface area contributed by atoms with E-state index in [9.17, 15) is 9.59 Å². The molecule has 1 aliphatic heterocycles. The summed E-state index contributed by atoms with van der Waals surface area (Å²) in [7, 11) is 0. The van der Waals surface area contributed by atoms with E-state index in [-0.39, 0.29) is 18.5 Å².